The normalized spacial score (nSPS) is 18.7. The number of carbonyl (C=O) groups excluding carboxylic acids is 1. The minimum atomic E-state index is -1.25. The molecule has 0 saturated carbocycles. The minimum absolute atomic E-state index is 0.00472. The van der Waals surface area contributed by atoms with Crippen molar-refractivity contribution in [1.82, 2.24) is 10.1 Å². The highest BCUT2D eigenvalue weighted by atomic mass is 16.5. The van der Waals surface area contributed by atoms with Gasteiger partial charge in [-0.2, -0.15) is 0 Å². The first-order valence-electron chi connectivity index (χ1n) is 5.52. The zero-order valence-corrected chi connectivity index (χ0v) is 10.2. The monoisotopic (exact) mass is 254 g/mol. The van der Waals surface area contributed by atoms with Crippen molar-refractivity contribution in [2.45, 2.75) is 19.4 Å². The van der Waals surface area contributed by atoms with Crippen LogP contribution in [0.25, 0.3) is 0 Å². The maximum Gasteiger partial charge on any atom is 0.374 e. The van der Waals surface area contributed by atoms with E-state index in [1.54, 1.807) is 4.90 Å². The van der Waals surface area contributed by atoms with Crippen LogP contribution in [0.1, 0.15) is 34.9 Å². The predicted molar refractivity (Wildman–Crippen MR) is 59.4 cm³/mol. The molecule has 0 radical (unpaired) electrons. The fourth-order valence-corrected chi connectivity index (χ4v) is 1.83. The van der Waals surface area contributed by atoms with Crippen LogP contribution < -0.4 is 0 Å². The Morgan fingerprint density at radius 3 is 2.78 bits per heavy atom. The molecule has 7 nitrogen and oxygen atoms in total. The molecule has 1 aliphatic rings. The zero-order valence-electron chi connectivity index (χ0n) is 10.2. The van der Waals surface area contributed by atoms with Crippen molar-refractivity contribution in [3.05, 3.63) is 17.5 Å². The highest BCUT2D eigenvalue weighted by Crippen LogP contribution is 2.18. The molecule has 98 valence electrons. The Hall–Kier alpha value is -1.89. The molecule has 1 fully saturated rings. The summed E-state index contributed by atoms with van der Waals surface area (Å²) >= 11 is 0. The first-order chi connectivity index (χ1) is 8.39. The lowest BCUT2D eigenvalue weighted by Crippen LogP contribution is -2.50. The molecule has 1 N–H and O–H groups in total. The van der Waals surface area contributed by atoms with Gasteiger partial charge < -0.3 is 19.3 Å². The van der Waals surface area contributed by atoms with Gasteiger partial charge in [-0.05, 0) is 13.8 Å². The van der Waals surface area contributed by atoms with E-state index in [0.717, 1.165) is 6.07 Å². The van der Waals surface area contributed by atoms with Gasteiger partial charge in [0, 0.05) is 19.2 Å². The van der Waals surface area contributed by atoms with Gasteiger partial charge in [0.05, 0.1) is 12.2 Å². The highest BCUT2D eigenvalue weighted by Gasteiger charge is 2.31. The van der Waals surface area contributed by atoms with E-state index in [4.69, 9.17) is 9.84 Å². The molecule has 1 aromatic heterocycles. The first-order valence-corrected chi connectivity index (χ1v) is 5.52. The number of morpholine rings is 1. The quantitative estimate of drug-likeness (QED) is 0.831. The van der Waals surface area contributed by atoms with E-state index in [1.807, 2.05) is 13.8 Å². The summed E-state index contributed by atoms with van der Waals surface area (Å²) in [5.74, 6) is -1.93. The molecule has 1 aromatic rings. The summed E-state index contributed by atoms with van der Waals surface area (Å²) in [6, 6.07) is 1.13. The Morgan fingerprint density at radius 1 is 1.50 bits per heavy atom. The third kappa shape index (κ3) is 2.51. The average molecular weight is 254 g/mol. The molecule has 0 spiro atoms. The molecule has 0 unspecified atom stereocenters. The second-order valence-electron chi connectivity index (χ2n) is 4.72. The second kappa shape index (κ2) is 4.41. The van der Waals surface area contributed by atoms with Crippen LogP contribution in [0.2, 0.25) is 0 Å². The number of nitrogens with zero attached hydrogens (tertiary/aromatic N) is 2. The Labute approximate surface area is 103 Å². The molecule has 18 heavy (non-hydrogen) atoms. The Morgan fingerprint density at radius 2 is 2.22 bits per heavy atom. The molecule has 0 atom stereocenters. The van der Waals surface area contributed by atoms with Crippen LogP contribution in [0.5, 0.6) is 0 Å². The number of carboxylic acids is 1. The number of rotatable bonds is 2. The summed E-state index contributed by atoms with van der Waals surface area (Å²) in [4.78, 5) is 24.3. The topological polar surface area (TPSA) is 92.9 Å². The second-order valence-corrected chi connectivity index (χ2v) is 4.72. The van der Waals surface area contributed by atoms with E-state index >= 15 is 0 Å². The number of carboxylic acid groups (broad SMARTS) is 1. The van der Waals surface area contributed by atoms with Gasteiger partial charge in [-0.1, -0.05) is 5.16 Å². The van der Waals surface area contributed by atoms with Crippen molar-refractivity contribution in [2.24, 2.45) is 0 Å². The van der Waals surface area contributed by atoms with Crippen molar-refractivity contribution in [2.75, 3.05) is 19.7 Å². The lowest BCUT2D eigenvalue weighted by atomic mass is 10.1. The van der Waals surface area contributed by atoms with Crippen molar-refractivity contribution in [1.29, 1.82) is 0 Å². The number of aromatic nitrogens is 1. The molecule has 2 rings (SSSR count). The summed E-state index contributed by atoms with van der Waals surface area (Å²) in [5.41, 5.74) is -0.405. The molecule has 2 heterocycles. The summed E-state index contributed by atoms with van der Waals surface area (Å²) in [5, 5.41) is 12.2. The Bertz CT molecular complexity index is 480. The fourth-order valence-electron chi connectivity index (χ4n) is 1.83. The molecule has 0 aromatic carbocycles. The summed E-state index contributed by atoms with van der Waals surface area (Å²) in [7, 11) is 0. The number of hydrogen-bond acceptors (Lipinski definition) is 5. The Balaban J connectivity index is 2.13. The molecule has 1 aliphatic heterocycles. The molecular formula is C11H14N2O5. The highest BCUT2D eigenvalue weighted by molar-refractivity contribution is 5.94. The van der Waals surface area contributed by atoms with Crippen molar-refractivity contribution in [3.8, 4) is 0 Å². The molecule has 0 bridgehead atoms. The van der Waals surface area contributed by atoms with Crippen LogP contribution in [0.15, 0.2) is 10.6 Å². The maximum absolute atomic E-state index is 12.1. The molecule has 0 aliphatic carbocycles. The predicted octanol–water partition coefficient (Wildman–Crippen LogP) is 0.624. The van der Waals surface area contributed by atoms with Gasteiger partial charge in [0.2, 0.25) is 5.76 Å². The molecule has 7 heteroatoms. The lowest BCUT2D eigenvalue weighted by Gasteiger charge is -2.37. The van der Waals surface area contributed by atoms with E-state index in [2.05, 4.69) is 9.68 Å². The van der Waals surface area contributed by atoms with Gasteiger partial charge in [-0.3, -0.25) is 4.79 Å². The van der Waals surface area contributed by atoms with Crippen LogP contribution in [0.3, 0.4) is 0 Å². The van der Waals surface area contributed by atoms with Gasteiger partial charge in [-0.15, -0.1) is 0 Å². The van der Waals surface area contributed by atoms with Gasteiger partial charge in [0.1, 0.15) is 0 Å². The molecule has 1 amide bonds. The van der Waals surface area contributed by atoms with Crippen molar-refractivity contribution < 1.29 is 24.0 Å². The number of aromatic carboxylic acids is 1. The third-order valence-corrected chi connectivity index (χ3v) is 2.65. The summed E-state index contributed by atoms with van der Waals surface area (Å²) in [6.45, 7) is 5.11. The van der Waals surface area contributed by atoms with Crippen molar-refractivity contribution in [3.63, 3.8) is 0 Å². The van der Waals surface area contributed by atoms with Crippen LogP contribution in [-0.4, -0.2) is 52.3 Å². The fraction of sp³-hybridized carbons (Fsp3) is 0.545. The van der Waals surface area contributed by atoms with E-state index in [9.17, 15) is 9.59 Å². The van der Waals surface area contributed by atoms with E-state index in [1.165, 1.54) is 0 Å². The number of carbonyl (C=O) groups is 2. The van der Waals surface area contributed by atoms with Crippen LogP contribution in [0, 0.1) is 0 Å². The number of ether oxygens (including phenoxy) is 1. The smallest absolute Gasteiger partial charge is 0.374 e. The third-order valence-electron chi connectivity index (χ3n) is 2.65. The molecule has 1 saturated heterocycles. The van der Waals surface area contributed by atoms with E-state index < -0.39 is 11.6 Å². The van der Waals surface area contributed by atoms with Gasteiger partial charge in [0.15, 0.2) is 5.69 Å². The van der Waals surface area contributed by atoms with E-state index in [-0.39, 0.29) is 17.4 Å². The number of hydrogen-bond donors (Lipinski definition) is 1. The van der Waals surface area contributed by atoms with E-state index in [0.29, 0.717) is 19.7 Å². The van der Waals surface area contributed by atoms with Gasteiger partial charge in [-0.25, -0.2) is 4.79 Å². The SMILES string of the molecule is CC1(C)CN(C(=O)c2cc(C(=O)O)on2)CCO1. The van der Waals surface area contributed by atoms with Crippen LogP contribution in [0.4, 0.5) is 0 Å². The lowest BCUT2D eigenvalue weighted by molar-refractivity contribution is -0.0765. The standard InChI is InChI=1S/C11H14N2O5/c1-11(2)6-13(3-4-17-11)9(14)7-5-8(10(15)16)18-12-7/h5H,3-4,6H2,1-2H3,(H,15,16). The maximum atomic E-state index is 12.1. The Kier molecular flexibility index (Phi) is 3.08. The minimum Gasteiger partial charge on any atom is -0.475 e. The van der Waals surface area contributed by atoms with Gasteiger partial charge >= 0.3 is 5.97 Å². The van der Waals surface area contributed by atoms with Crippen molar-refractivity contribution >= 4 is 11.9 Å². The molecular weight excluding hydrogens is 240 g/mol. The van der Waals surface area contributed by atoms with Crippen LogP contribution >= 0.6 is 0 Å². The van der Waals surface area contributed by atoms with Gasteiger partial charge in [0.25, 0.3) is 5.91 Å². The zero-order chi connectivity index (χ0) is 13.3. The van der Waals surface area contributed by atoms with Crippen LogP contribution in [-0.2, 0) is 4.74 Å². The largest absolute Gasteiger partial charge is 0.475 e. The summed E-state index contributed by atoms with van der Waals surface area (Å²) in [6.07, 6.45) is 0. The average Bonchev–Trinajstić information content (AvgIpc) is 2.76. The first kappa shape index (κ1) is 12.6. The number of amides is 1. The summed E-state index contributed by atoms with van der Waals surface area (Å²) < 4.78 is 10.1.